The van der Waals surface area contributed by atoms with Crippen LogP contribution in [-0.2, 0) is 23.5 Å². The Bertz CT molecular complexity index is 1280. The Kier molecular flexibility index (Phi) is 5.03. The summed E-state index contributed by atoms with van der Waals surface area (Å²) in [6.45, 7) is 11.8. The van der Waals surface area contributed by atoms with Crippen LogP contribution in [0.4, 0.5) is 5.69 Å². The molecule has 1 spiro atoms. The van der Waals surface area contributed by atoms with Crippen molar-refractivity contribution in [1.82, 2.24) is 9.80 Å². The molecule has 3 heterocycles. The molecule has 1 amide bonds. The van der Waals surface area contributed by atoms with Gasteiger partial charge in [0.15, 0.2) is 5.66 Å². The molecular weight excluding hydrogens is 430 g/mol. The lowest BCUT2D eigenvalue weighted by Gasteiger charge is -2.42. The summed E-state index contributed by atoms with van der Waals surface area (Å²) in [6, 6.07) is 25.6. The van der Waals surface area contributed by atoms with Crippen LogP contribution in [-0.4, -0.2) is 34.3 Å². The third-order valence-electron chi connectivity index (χ3n) is 7.91. The van der Waals surface area contributed by atoms with Gasteiger partial charge in [0.25, 0.3) is 5.91 Å². The van der Waals surface area contributed by atoms with Gasteiger partial charge in [-0.2, -0.15) is 0 Å². The van der Waals surface area contributed by atoms with Crippen LogP contribution in [0.25, 0.3) is 5.57 Å². The van der Waals surface area contributed by atoms with Crippen LogP contribution in [0.1, 0.15) is 48.6 Å². The normalized spacial score (nSPS) is 20.4. The SMILES string of the molecule is CC1=CC(C)(C)N2C(=O)C3(c4cc(C)cc1c42)N(Cc1ccccc1)CCN3Cc1ccccc1. The first-order valence-electron chi connectivity index (χ1n) is 12.6. The fourth-order valence-corrected chi connectivity index (χ4v) is 6.55. The zero-order valence-electron chi connectivity index (χ0n) is 21.1. The highest BCUT2D eigenvalue weighted by Crippen LogP contribution is 2.56. The molecule has 35 heavy (non-hydrogen) atoms. The summed E-state index contributed by atoms with van der Waals surface area (Å²) in [5, 5.41) is 0. The molecule has 0 radical (unpaired) electrons. The van der Waals surface area contributed by atoms with Crippen LogP contribution in [0.5, 0.6) is 0 Å². The average molecular weight is 464 g/mol. The predicted molar refractivity (Wildman–Crippen MR) is 142 cm³/mol. The van der Waals surface area contributed by atoms with Crippen molar-refractivity contribution < 1.29 is 4.79 Å². The van der Waals surface area contributed by atoms with E-state index in [1.807, 2.05) is 0 Å². The topological polar surface area (TPSA) is 26.8 Å². The summed E-state index contributed by atoms with van der Waals surface area (Å²) >= 11 is 0. The molecule has 0 unspecified atom stereocenters. The van der Waals surface area contributed by atoms with Crippen LogP contribution >= 0.6 is 0 Å². The minimum Gasteiger partial charge on any atom is -0.299 e. The van der Waals surface area contributed by atoms with Crippen molar-refractivity contribution in [3.63, 3.8) is 0 Å². The zero-order chi connectivity index (χ0) is 24.4. The van der Waals surface area contributed by atoms with E-state index in [-0.39, 0.29) is 11.4 Å². The third kappa shape index (κ3) is 3.24. The number of carbonyl (C=O) groups excluding carboxylic acids is 1. The summed E-state index contributed by atoms with van der Waals surface area (Å²) in [5.74, 6) is 0.178. The minimum atomic E-state index is -0.822. The largest absolute Gasteiger partial charge is 0.299 e. The van der Waals surface area contributed by atoms with E-state index >= 15 is 0 Å². The van der Waals surface area contributed by atoms with Crippen LogP contribution in [0.15, 0.2) is 78.9 Å². The van der Waals surface area contributed by atoms with Gasteiger partial charge in [0.2, 0.25) is 0 Å². The fourth-order valence-electron chi connectivity index (χ4n) is 6.55. The first kappa shape index (κ1) is 22.3. The summed E-state index contributed by atoms with van der Waals surface area (Å²) in [6.07, 6.45) is 2.26. The number of carbonyl (C=O) groups is 1. The molecule has 0 saturated carbocycles. The predicted octanol–water partition coefficient (Wildman–Crippen LogP) is 5.71. The maximum atomic E-state index is 14.9. The van der Waals surface area contributed by atoms with E-state index in [9.17, 15) is 4.79 Å². The number of aryl methyl sites for hydroxylation is 1. The number of anilines is 1. The Balaban J connectivity index is 1.57. The first-order valence-corrected chi connectivity index (χ1v) is 12.6. The van der Waals surface area contributed by atoms with E-state index in [2.05, 4.69) is 121 Å². The molecule has 3 aliphatic heterocycles. The number of benzene rings is 3. The van der Waals surface area contributed by atoms with Crippen molar-refractivity contribution in [2.45, 2.75) is 52.0 Å². The molecule has 4 heteroatoms. The quantitative estimate of drug-likeness (QED) is 0.496. The lowest BCUT2D eigenvalue weighted by atomic mass is 9.87. The molecule has 3 aromatic carbocycles. The number of rotatable bonds is 4. The molecule has 178 valence electrons. The van der Waals surface area contributed by atoms with E-state index in [0.29, 0.717) is 0 Å². The van der Waals surface area contributed by atoms with Crippen molar-refractivity contribution >= 4 is 17.2 Å². The molecule has 0 aromatic heterocycles. The smallest absolute Gasteiger partial charge is 0.268 e. The van der Waals surface area contributed by atoms with E-state index in [0.717, 1.165) is 37.4 Å². The van der Waals surface area contributed by atoms with E-state index < -0.39 is 5.66 Å². The van der Waals surface area contributed by atoms with Crippen LogP contribution in [0.2, 0.25) is 0 Å². The van der Waals surface area contributed by atoms with Gasteiger partial charge in [-0.1, -0.05) is 72.8 Å². The summed E-state index contributed by atoms with van der Waals surface area (Å²) in [7, 11) is 0. The maximum absolute atomic E-state index is 14.9. The van der Waals surface area contributed by atoms with E-state index in [4.69, 9.17) is 0 Å². The second-order valence-electron chi connectivity index (χ2n) is 10.8. The van der Waals surface area contributed by atoms with Gasteiger partial charge in [0.1, 0.15) is 0 Å². The van der Waals surface area contributed by atoms with Crippen molar-refractivity contribution in [2.75, 3.05) is 18.0 Å². The van der Waals surface area contributed by atoms with Gasteiger partial charge in [-0.05, 0) is 56.0 Å². The highest BCUT2D eigenvalue weighted by molar-refractivity contribution is 6.12. The Hall–Kier alpha value is -3.21. The highest BCUT2D eigenvalue weighted by Gasteiger charge is 2.64. The lowest BCUT2D eigenvalue weighted by Crippen LogP contribution is -2.59. The fraction of sp³-hybridized carbons (Fsp3) is 0.323. The zero-order valence-corrected chi connectivity index (χ0v) is 21.1. The van der Waals surface area contributed by atoms with Gasteiger partial charge in [-0.3, -0.25) is 19.5 Å². The molecule has 3 aliphatic rings. The average Bonchev–Trinajstić information content (AvgIpc) is 3.31. The molecule has 1 saturated heterocycles. The van der Waals surface area contributed by atoms with E-state index in [1.165, 1.54) is 27.8 Å². The lowest BCUT2D eigenvalue weighted by molar-refractivity contribution is -0.139. The molecule has 0 N–H and O–H groups in total. The van der Waals surface area contributed by atoms with Crippen LogP contribution in [0, 0.1) is 6.92 Å². The highest BCUT2D eigenvalue weighted by atomic mass is 16.2. The molecule has 6 rings (SSSR count). The molecular formula is C31H33N3O. The van der Waals surface area contributed by atoms with Gasteiger partial charge < -0.3 is 0 Å². The molecule has 3 aromatic rings. The van der Waals surface area contributed by atoms with Crippen molar-refractivity contribution in [3.8, 4) is 0 Å². The Morgan fingerprint density at radius 2 is 1.34 bits per heavy atom. The minimum absolute atomic E-state index is 0.178. The van der Waals surface area contributed by atoms with Gasteiger partial charge in [0.05, 0.1) is 11.2 Å². The summed E-state index contributed by atoms with van der Waals surface area (Å²) < 4.78 is 0. The summed E-state index contributed by atoms with van der Waals surface area (Å²) in [4.78, 5) is 21.8. The first-order chi connectivity index (χ1) is 16.8. The van der Waals surface area contributed by atoms with Crippen molar-refractivity contribution in [2.24, 2.45) is 0 Å². The maximum Gasteiger partial charge on any atom is 0.268 e. The molecule has 0 atom stereocenters. The van der Waals surface area contributed by atoms with Crippen molar-refractivity contribution in [1.29, 1.82) is 0 Å². The van der Waals surface area contributed by atoms with E-state index in [1.54, 1.807) is 0 Å². The number of hydrogen-bond acceptors (Lipinski definition) is 3. The van der Waals surface area contributed by atoms with Gasteiger partial charge in [-0.25, -0.2) is 0 Å². The Morgan fingerprint density at radius 3 is 1.89 bits per heavy atom. The number of allylic oxidation sites excluding steroid dienone is 1. The van der Waals surface area contributed by atoms with Crippen LogP contribution < -0.4 is 4.90 Å². The number of amides is 1. The Labute approximate surface area is 208 Å². The standard InChI is InChI=1S/C31H33N3O/c1-22-17-26-23(2)19-30(3,4)34-28(26)27(18-22)31(29(34)35)32(20-24-11-7-5-8-12-24)15-16-33(31)21-25-13-9-6-10-14-25/h5-14,17-19H,15-16,20-21H2,1-4H3. The number of fused-ring (bicyclic) bond motifs is 1. The monoisotopic (exact) mass is 463 g/mol. The summed E-state index contributed by atoms with van der Waals surface area (Å²) in [5.41, 5.74) is 7.14. The Morgan fingerprint density at radius 1 is 0.800 bits per heavy atom. The molecule has 1 fully saturated rings. The van der Waals surface area contributed by atoms with Gasteiger partial charge in [0, 0.05) is 37.3 Å². The third-order valence-corrected chi connectivity index (χ3v) is 7.91. The molecule has 4 nitrogen and oxygen atoms in total. The second kappa shape index (κ2) is 7.91. The molecule has 0 bridgehead atoms. The number of hydrogen-bond donors (Lipinski definition) is 0. The molecule has 0 aliphatic carbocycles. The second-order valence-corrected chi connectivity index (χ2v) is 10.8. The van der Waals surface area contributed by atoms with Gasteiger partial charge in [-0.15, -0.1) is 0 Å². The van der Waals surface area contributed by atoms with Crippen LogP contribution in [0.3, 0.4) is 0 Å². The van der Waals surface area contributed by atoms with Crippen molar-refractivity contribution in [3.05, 3.63) is 107 Å². The van der Waals surface area contributed by atoms with Gasteiger partial charge >= 0.3 is 0 Å². The number of nitrogens with zero attached hydrogens (tertiary/aromatic N) is 3.